The minimum absolute atomic E-state index is 0.116. The summed E-state index contributed by atoms with van der Waals surface area (Å²) < 4.78 is 6.12. The van der Waals surface area contributed by atoms with Crippen molar-refractivity contribution in [3.8, 4) is 0 Å². The molecule has 0 spiro atoms. The number of nitrogens with two attached hydrogens (primary N) is 1. The SMILES string of the molecule is CC.C\C=C/C=C(\C=C/C)CN1CCN(CCC(C)(C)OCCC(C)(N)NC)CC1. The molecule has 0 aromatic rings. The molecule has 1 fully saturated rings. The van der Waals surface area contributed by atoms with Gasteiger partial charge < -0.3 is 20.7 Å². The molecular formula is C25H50N4O. The van der Waals surface area contributed by atoms with Crippen molar-refractivity contribution in [2.45, 2.75) is 72.6 Å². The zero-order chi connectivity index (χ0) is 23.0. The van der Waals surface area contributed by atoms with Crippen LogP contribution in [0.3, 0.4) is 0 Å². The smallest absolute Gasteiger partial charge is 0.0652 e. The highest BCUT2D eigenvalue weighted by atomic mass is 16.5. The van der Waals surface area contributed by atoms with Crippen LogP contribution in [0, 0.1) is 0 Å². The zero-order valence-corrected chi connectivity index (χ0v) is 21.1. The van der Waals surface area contributed by atoms with Crippen molar-refractivity contribution < 1.29 is 4.74 Å². The molecule has 0 bridgehead atoms. The van der Waals surface area contributed by atoms with Gasteiger partial charge in [0.2, 0.25) is 0 Å². The maximum Gasteiger partial charge on any atom is 0.0652 e. The molecule has 1 atom stereocenters. The van der Waals surface area contributed by atoms with Gasteiger partial charge in [-0.3, -0.25) is 4.90 Å². The second kappa shape index (κ2) is 15.8. The largest absolute Gasteiger partial charge is 0.375 e. The Kier molecular flexibility index (Phi) is 15.3. The van der Waals surface area contributed by atoms with Crippen LogP contribution in [-0.4, -0.2) is 74.0 Å². The van der Waals surface area contributed by atoms with E-state index < -0.39 is 0 Å². The predicted octanol–water partition coefficient (Wildman–Crippen LogP) is 4.18. The fourth-order valence-electron chi connectivity index (χ4n) is 3.19. The van der Waals surface area contributed by atoms with Gasteiger partial charge >= 0.3 is 0 Å². The Morgan fingerprint density at radius 2 is 1.60 bits per heavy atom. The molecule has 0 aliphatic carbocycles. The number of hydrogen-bond acceptors (Lipinski definition) is 5. The van der Waals surface area contributed by atoms with Crippen LogP contribution in [0.25, 0.3) is 0 Å². The van der Waals surface area contributed by atoms with E-state index in [1.807, 2.05) is 27.8 Å². The van der Waals surface area contributed by atoms with E-state index in [2.05, 4.69) is 73.2 Å². The summed E-state index contributed by atoms with van der Waals surface area (Å²) in [6.07, 6.45) is 12.6. The van der Waals surface area contributed by atoms with Crippen molar-refractivity contribution in [1.82, 2.24) is 15.1 Å². The average Bonchev–Trinajstić information content (AvgIpc) is 2.73. The maximum absolute atomic E-state index is 6.12. The molecule has 1 saturated heterocycles. The van der Waals surface area contributed by atoms with E-state index in [0.717, 1.165) is 52.1 Å². The summed E-state index contributed by atoms with van der Waals surface area (Å²) in [4.78, 5) is 5.11. The van der Waals surface area contributed by atoms with Gasteiger partial charge in [-0.15, -0.1) is 0 Å². The van der Waals surface area contributed by atoms with E-state index in [9.17, 15) is 0 Å². The highest BCUT2D eigenvalue weighted by Gasteiger charge is 2.24. The van der Waals surface area contributed by atoms with Crippen molar-refractivity contribution in [2.24, 2.45) is 5.73 Å². The van der Waals surface area contributed by atoms with Gasteiger partial charge in [0, 0.05) is 45.7 Å². The van der Waals surface area contributed by atoms with Crippen LogP contribution in [0.4, 0.5) is 0 Å². The highest BCUT2D eigenvalue weighted by molar-refractivity contribution is 5.24. The standard InChI is InChI=1S/C23H44N4O.C2H6/c1-7-9-11-21(10-8-2)20-27-17-15-26(16-18-27)14-12-22(3,4)28-19-13-23(5,24)25-6;1-2/h7-11,25H,12-20,24H2,1-6H3;1-2H3/b9-7-,10-8-,21-11+;. The number of allylic oxidation sites excluding steroid dienone is 4. The fraction of sp³-hybridized carbons (Fsp3) is 0.760. The number of rotatable bonds is 12. The third-order valence-electron chi connectivity index (χ3n) is 5.47. The Hall–Kier alpha value is -0.980. The molecule has 0 aromatic carbocycles. The first-order valence-electron chi connectivity index (χ1n) is 11.7. The van der Waals surface area contributed by atoms with Crippen LogP contribution in [-0.2, 0) is 4.74 Å². The van der Waals surface area contributed by atoms with Crippen LogP contribution in [0.1, 0.15) is 61.3 Å². The average molecular weight is 423 g/mol. The van der Waals surface area contributed by atoms with E-state index in [1.54, 1.807) is 0 Å². The van der Waals surface area contributed by atoms with Gasteiger partial charge in [-0.1, -0.05) is 44.2 Å². The molecule has 5 heteroatoms. The zero-order valence-electron chi connectivity index (χ0n) is 21.1. The molecule has 1 aliphatic heterocycles. The Morgan fingerprint density at radius 1 is 1.00 bits per heavy atom. The van der Waals surface area contributed by atoms with Gasteiger partial charge in [-0.25, -0.2) is 0 Å². The van der Waals surface area contributed by atoms with Crippen LogP contribution >= 0.6 is 0 Å². The minimum atomic E-state index is -0.362. The minimum Gasteiger partial charge on any atom is -0.375 e. The van der Waals surface area contributed by atoms with Gasteiger partial charge in [-0.2, -0.15) is 0 Å². The molecule has 0 radical (unpaired) electrons. The van der Waals surface area contributed by atoms with Crippen molar-refractivity contribution in [2.75, 3.05) is 52.9 Å². The summed E-state index contributed by atoms with van der Waals surface area (Å²) in [5.41, 5.74) is 7.01. The molecule has 1 rings (SSSR count). The number of nitrogens with one attached hydrogen (secondary N) is 1. The molecule has 1 heterocycles. The molecule has 176 valence electrons. The normalized spacial score (nSPS) is 19.2. The summed E-state index contributed by atoms with van der Waals surface area (Å²) in [5, 5.41) is 3.12. The molecule has 1 aliphatic rings. The molecule has 5 nitrogen and oxygen atoms in total. The van der Waals surface area contributed by atoms with Crippen molar-refractivity contribution in [3.05, 3.63) is 36.0 Å². The second-order valence-electron chi connectivity index (χ2n) is 8.66. The van der Waals surface area contributed by atoms with E-state index in [4.69, 9.17) is 10.5 Å². The monoisotopic (exact) mass is 422 g/mol. The first-order chi connectivity index (χ1) is 14.2. The van der Waals surface area contributed by atoms with Crippen LogP contribution in [0.5, 0.6) is 0 Å². The van der Waals surface area contributed by atoms with Gasteiger partial charge in [0.25, 0.3) is 0 Å². The van der Waals surface area contributed by atoms with Crippen molar-refractivity contribution in [1.29, 1.82) is 0 Å². The van der Waals surface area contributed by atoms with Crippen molar-refractivity contribution >= 4 is 0 Å². The van der Waals surface area contributed by atoms with E-state index in [1.165, 1.54) is 5.57 Å². The Morgan fingerprint density at radius 3 is 2.13 bits per heavy atom. The quantitative estimate of drug-likeness (QED) is 0.365. The van der Waals surface area contributed by atoms with Crippen LogP contribution in [0.15, 0.2) is 36.0 Å². The molecule has 1 unspecified atom stereocenters. The van der Waals surface area contributed by atoms with Crippen molar-refractivity contribution in [3.63, 3.8) is 0 Å². The topological polar surface area (TPSA) is 53.8 Å². The molecule has 0 amide bonds. The van der Waals surface area contributed by atoms with Crippen LogP contribution in [0.2, 0.25) is 0 Å². The number of ether oxygens (including phenoxy) is 1. The highest BCUT2D eigenvalue weighted by Crippen LogP contribution is 2.17. The molecular weight excluding hydrogens is 372 g/mol. The van der Waals surface area contributed by atoms with Gasteiger partial charge in [0.15, 0.2) is 0 Å². The summed E-state index contributed by atoms with van der Waals surface area (Å²) in [7, 11) is 1.89. The lowest BCUT2D eigenvalue weighted by Gasteiger charge is -2.37. The third kappa shape index (κ3) is 13.3. The molecule has 3 N–H and O–H groups in total. The summed E-state index contributed by atoms with van der Waals surface area (Å²) in [6.45, 7) is 21.8. The fourth-order valence-corrected chi connectivity index (χ4v) is 3.19. The predicted molar refractivity (Wildman–Crippen MR) is 133 cm³/mol. The number of hydrogen-bond donors (Lipinski definition) is 2. The lowest BCUT2D eigenvalue weighted by Crippen LogP contribution is -2.50. The van der Waals surface area contributed by atoms with Gasteiger partial charge in [0.05, 0.1) is 17.9 Å². The lowest BCUT2D eigenvalue weighted by molar-refractivity contribution is -0.0380. The first-order valence-corrected chi connectivity index (χ1v) is 11.7. The summed E-state index contributed by atoms with van der Waals surface area (Å²) >= 11 is 0. The third-order valence-corrected chi connectivity index (χ3v) is 5.47. The van der Waals surface area contributed by atoms with E-state index in [-0.39, 0.29) is 11.3 Å². The molecule has 0 saturated carbocycles. The Balaban J connectivity index is 0.00000407. The summed E-state index contributed by atoms with van der Waals surface area (Å²) in [5.74, 6) is 0. The second-order valence-corrected chi connectivity index (χ2v) is 8.66. The van der Waals surface area contributed by atoms with E-state index >= 15 is 0 Å². The number of piperazine rings is 1. The summed E-state index contributed by atoms with van der Waals surface area (Å²) in [6, 6.07) is 0. The first kappa shape index (κ1) is 29.0. The maximum atomic E-state index is 6.12. The molecule has 0 aromatic heterocycles. The van der Waals surface area contributed by atoms with E-state index in [0.29, 0.717) is 6.61 Å². The van der Waals surface area contributed by atoms with Gasteiger partial charge in [-0.05, 0) is 53.7 Å². The van der Waals surface area contributed by atoms with Crippen LogP contribution < -0.4 is 11.1 Å². The lowest BCUT2D eigenvalue weighted by atomic mass is 10.0. The number of nitrogens with zero attached hydrogens (tertiary/aromatic N) is 2. The Bertz CT molecular complexity index is 515. The van der Waals surface area contributed by atoms with Gasteiger partial charge in [0.1, 0.15) is 0 Å². The molecule has 30 heavy (non-hydrogen) atoms. The Labute approximate surface area is 187 Å².